The van der Waals surface area contributed by atoms with Gasteiger partial charge in [-0.3, -0.25) is 4.68 Å². The molecule has 38 heavy (non-hydrogen) atoms. The van der Waals surface area contributed by atoms with Crippen molar-refractivity contribution in [2.45, 2.75) is 44.1 Å². The molecule has 2 aromatic heterocycles. The first-order chi connectivity index (χ1) is 18.5. The summed E-state index contributed by atoms with van der Waals surface area (Å²) >= 11 is 0. The van der Waals surface area contributed by atoms with Crippen molar-refractivity contribution in [1.29, 1.82) is 0 Å². The standard InChI is InChI=1S/C29H31N5O4/c1-18(19-9-11-37-12-10-19)38-23-8-4-6-21(14-23)20-5-3-7-22(13-20)34-28(26(16-30-34)29(35)36)25-15-24(25)27-17-33(2)32-31-27/h3-8,13-14,16-19,24-25H,9-12,15H2,1-2H3,(H,35,36). The average Bonchev–Trinajstić information content (AvgIpc) is 3.38. The van der Waals surface area contributed by atoms with E-state index in [0.717, 1.165) is 60.7 Å². The van der Waals surface area contributed by atoms with Gasteiger partial charge in [-0.05, 0) is 67.5 Å². The minimum absolute atomic E-state index is 0.0207. The quantitative estimate of drug-likeness (QED) is 0.360. The second-order valence-corrected chi connectivity index (χ2v) is 10.3. The van der Waals surface area contributed by atoms with E-state index >= 15 is 0 Å². The molecule has 1 aliphatic heterocycles. The van der Waals surface area contributed by atoms with Crippen molar-refractivity contribution in [1.82, 2.24) is 24.8 Å². The number of carboxylic acids is 1. The number of aromatic nitrogens is 5. The van der Waals surface area contributed by atoms with Gasteiger partial charge in [0, 0.05) is 38.3 Å². The van der Waals surface area contributed by atoms with E-state index < -0.39 is 5.97 Å². The van der Waals surface area contributed by atoms with Crippen LogP contribution >= 0.6 is 0 Å². The normalized spacial score (nSPS) is 20.3. The number of rotatable bonds is 8. The number of benzene rings is 2. The highest BCUT2D eigenvalue weighted by Crippen LogP contribution is 2.55. The van der Waals surface area contributed by atoms with Crippen molar-refractivity contribution in [3.63, 3.8) is 0 Å². The van der Waals surface area contributed by atoms with E-state index in [2.05, 4.69) is 34.5 Å². The molecule has 2 aliphatic rings. The number of hydrogen-bond donors (Lipinski definition) is 1. The predicted molar refractivity (Wildman–Crippen MR) is 141 cm³/mol. The zero-order valence-corrected chi connectivity index (χ0v) is 21.5. The predicted octanol–water partition coefficient (Wildman–Crippen LogP) is 4.83. The second kappa shape index (κ2) is 10.1. The summed E-state index contributed by atoms with van der Waals surface area (Å²) in [5.74, 6) is 0.505. The Morgan fingerprint density at radius 3 is 2.61 bits per heavy atom. The van der Waals surface area contributed by atoms with Gasteiger partial charge >= 0.3 is 5.97 Å². The van der Waals surface area contributed by atoms with Gasteiger partial charge in [0.05, 0.1) is 29.4 Å². The van der Waals surface area contributed by atoms with Crippen molar-refractivity contribution in [2.75, 3.05) is 13.2 Å². The fourth-order valence-corrected chi connectivity index (χ4v) is 5.51. The summed E-state index contributed by atoms with van der Waals surface area (Å²) in [6.07, 6.45) is 6.31. The van der Waals surface area contributed by atoms with Crippen molar-refractivity contribution in [3.8, 4) is 22.6 Å². The highest BCUT2D eigenvalue weighted by atomic mass is 16.5. The molecule has 1 aliphatic carbocycles. The molecule has 3 unspecified atom stereocenters. The van der Waals surface area contributed by atoms with Gasteiger partial charge in [-0.2, -0.15) is 5.10 Å². The molecule has 3 atom stereocenters. The van der Waals surface area contributed by atoms with E-state index in [1.807, 2.05) is 49.6 Å². The van der Waals surface area contributed by atoms with Gasteiger partial charge in [0.2, 0.25) is 0 Å². The van der Waals surface area contributed by atoms with Gasteiger partial charge < -0.3 is 14.6 Å². The molecule has 196 valence electrons. The first kappa shape index (κ1) is 24.4. The molecule has 0 spiro atoms. The van der Waals surface area contributed by atoms with E-state index in [1.165, 1.54) is 6.20 Å². The molecule has 3 heterocycles. The van der Waals surface area contributed by atoms with E-state index in [1.54, 1.807) is 9.36 Å². The molecule has 4 aromatic rings. The van der Waals surface area contributed by atoms with Crippen LogP contribution in [0, 0.1) is 5.92 Å². The Balaban J connectivity index is 1.28. The number of carboxylic acid groups (broad SMARTS) is 1. The Morgan fingerprint density at radius 2 is 1.87 bits per heavy atom. The van der Waals surface area contributed by atoms with Crippen LogP contribution < -0.4 is 4.74 Å². The zero-order valence-electron chi connectivity index (χ0n) is 21.5. The maximum absolute atomic E-state index is 12.1. The number of aromatic carboxylic acids is 1. The SMILES string of the molecule is CC(Oc1cccc(-c2cccc(-n3ncc(C(=O)O)c3C3CC3c3cn(C)nn3)c2)c1)C1CCOCC1. The van der Waals surface area contributed by atoms with Gasteiger partial charge in [0.1, 0.15) is 11.3 Å². The topological polar surface area (TPSA) is 104 Å². The Labute approximate surface area is 221 Å². The van der Waals surface area contributed by atoms with E-state index in [4.69, 9.17) is 9.47 Å². The number of aryl methyl sites for hydroxylation is 1. The lowest BCUT2D eigenvalue weighted by molar-refractivity contribution is 0.0239. The minimum atomic E-state index is -0.976. The van der Waals surface area contributed by atoms with Crippen LogP contribution in [-0.4, -0.2) is 55.2 Å². The Kier molecular flexibility index (Phi) is 6.45. The molecule has 0 amide bonds. The smallest absolute Gasteiger partial charge is 0.339 e. The molecule has 2 fully saturated rings. The van der Waals surface area contributed by atoms with Gasteiger partial charge in [0.25, 0.3) is 0 Å². The van der Waals surface area contributed by atoms with Crippen LogP contribution in [0.3, 0.4) is 0 Å². The van der Waals surface area contributed by atoms with Crippen molar-refractivity contribution < 1.29 is 19.4 Å². The Bertz CT molecular complexity index is 1450. The largest absolute Gasteiger partial charge is 0.490 e. The van der Waals surface area contributed by atoms with Crippen LogP contribution in [0.1, 0.15) is 59.8 Å². The second-order valence-electron chi connectivity index (χ2n) is 10.3. The monoisotopic (exact) mass is 513 g/mol. The zero-order chi connectivity index (χ0) is 26.2. The molecule has 1 N–H and O–H groups in total. The Hall–Kier alpha value is -3.98. The summed E-state index contributed by atoms with van der Waals surface area (Å²) in [4.78, 5) is 12.1. The molecule has 0 radical (unpaired) electrons. The van der Waals surface area contributed by atoms with Crippen LogP contribution in [0.5, 0.6) is 5.75 Å². The number of ether oxygens (including phenoxy) is 2. The van der Waals surface area contributed by atoms with Crippen molar-refractivity contribution >= 4 is 5.97 Å². The third kappa shape index (κ3) is 4.81. The lowest BCUT2D eigenvalue weighted by atomic mass is 9.95. The molecule has 1 saturated carbocycles. The van der Waals surface area contributed by atoms with Crippen LogP contribution in [0.2, 0.25) is 0 Å². The lowest BCUT2D eigenvalue weighted by Crippen LogP contribution is -2.29. The van der Waals surface area contributed by atoms with Crippen molar-refractivity contribution in [2.24, 2.45) is 13.0 Å². The first-order valence-electron chi connectivity index (χ1n) is 13.1. The summed E-state index contributed by atoms with van der Waals surface area (Å²) < 4.78 is 15.3. The van der Waals surface area contributed by atoms with Crippen LogP contribution in [0.4, 0.5) is 0 Å². The average molecular weight is 514 g/mol. The first-order valence-corrected chi connectivity index (χ1v) is 13.1. The summed E-state index contributed by atoms with van der Waals surface area (Å²) in [5, 5.41) is 22.7. The van der Waals surface area contributed by atoms with E-state index in [-0.39, 0.29) is 23.5 Å². The van der Waals surface area contributed by atoms with E-state index in [0.29, 0.717) is 11.6 Å². The van der Waals surface area contributed by atoms with E-state index in [9.17, 15) is 9.90 Å². The van der Waals surface area contributed by atoms with Gasteiger partial charge in [0.15, 0.2) is 0 Å². The maximum Gasteiger partial charge on any atom is 0.339 e. The Morgan fingerprint density at radius 1 is 1.11 bits per heavy atom. The highest BCUT2D eigenvalue weighted by molar-refractivity contribution is 5.89. The number of hydrogen-bond acceptors (Lipinski definition) is 6. The lowest BCUT2D eigenvalue weighted by Gasteiger charge is -2.28. The fraction of sp³-hybridized carbons (Fsp3) is 0.379. The minimum Gasteiger partial charge on any atom is -0.490 e. The number of carbonyl (C=O) groups is 1. The summed E-state index contributed by atoms with van der Waals surface area (Å²) in [7, 11) is 1.83. The van der Waals surface area contributed by atoms with Crippen LogP contribution in [-0.2, 0) is 11.8 Å². The van der Waals surface area contributed by atoms with Gasteiger partial charge in [-0.25, -0.2) is 9.48 Å². The molecule has 9 heteroatoms. The summed E-state index contributed by atoms with van der Waals surface area (Å²) in [6, 6.07) is 16.1. The molecule has 9 nitrogen and oxygen atoms in total. The maximum atomic E-state index is 12.1. The fourth-order valence-electron chi connectivity index (χ4n) is 5.51. The highest BCUT2D eigenvalue weighted by Gasteiger charge is 2.46. The third-order valence-corrected chi connectivity index (χ3v) is 7.69. The molecule has 2 aromatic carbocycles. The van der Waals surface area contributed by atoms with Crippen LogP contribution in [0.25, 0.3) is 16.8 Å². The summed E-state index contributed by atoms with van der Waals surface area (Å²) in [6.45, 7) is 3.73. The molecule has 6 rings (SSSR count). The molecular formula is C29H31N5O4. The number of nitrogens with zero attached hydrogens (tertiary/aromatic N) is 5. The molecule has 1 saturated heterocycles. The molecule has 0 bridgehead atoms. The molecular weight excluding hydrogens is 482 g/mol. The van der Waals surface area contributed by atoms with Gasteiger partial charge in [-0.1, -0.05) is 29.5 Å². The van der Waals surface area contributed by atoms with Gasteiger partial charge in [-0.15, -0.1) is 5.10 Å². The van der Waals surface area contributed by atoms with Crippen molar-refractivity contribution in [3.05, 3.63) is 77.9 Å². The summed E-state index contributed by atoms with van der Waals surface area (Å²) in [5.41, 5.74) is 4.65. The van der Waals surface area contributed by atoms with Crippen LogP contribution in [0.15, 0.2) is 60.9 Å². The third-order valence-electron chi connectivity index (χ3n) is 7.69.